The van der Waals surface area contributed by atoms with Gasteiger partial charge < -0.3 is 14.4 Å². The van der Waals surface area contributed by atoms with Crippen LogP contribution in [-0.2, 0) is 24.3 Å². The van der Waals surface area contributed by atoms with Crippen molar-refractivity contribution in [1.82, 2.24) is 9.62 Å². The molecule has 31 heavy (non-hydrogen) atoms. The van der Waals surface area contributed by atoms with Gasteiger partial charge >= 0.3 is 5.97 Å². The number of carbonyl (C=O) groups excluding carboxylic acids is 2. The molecule has 8 nitrogen and oxygen atoms in total. The maximum Gasteiger partial charge on any atom is 0.338 e. The van der Waals surface area contributed by atoms with Crippen LogP contribution in [0.3, 0.4) is 0 Å². The molecule has 1 aliphatic rings. The average Bonchev–Trinajstić information content (AvgIpc) is 3.19. The lowest BCUT2D eigenvalue weighted by molar-refractivity contribution is -0.143. The Labute approximate surface area is 189 Å². The summed E-state index contributed by atoms with van der Waals surface area (Å²) in [5.41, 5.74) is -0.0119. The zero-order valence-corrected chi connectivity index (χ0v) is 20.1. The summed E-state index contributed by atoms with van der Waals surface area (Å²) in [4.78, 5) is 26.7. The van der Waals surface area contributed by atoms with E-state index in [4.69, 9.17) is 21.1 Å². The first-order valence-electron chi connectivity index (χ1n) is 10.4. The molecule has 2 unspecified atom stereocenters. The van der Waals surface area contributed by atoms with Crippen molar-refractivity contribution in [2.24, 2.45) is 0 Å². The summed E-state index contributed by atoms with van der Waals surface area (Å²) >= 11 is 6.08. The predicted octanol–water partition coefficient (Wildman–Crippen LogP) is 2.99. The lowest BCUT2D eigenvalue weighted by Crippen LogP contribution is -2.47. The van der Waals surface area contributed by atoms with Gasteiger partial charge in [-0.15, -0.1) is 0 Å². The minimum absolute atomic E-state index is 0.0119. The minimum atomic E-state index is -3.96. The van der Waals surface area contributed by atoms with Crippen molar-refractivity contribution in [3.63, 3.8) is 0 Å². The molecule has 1 N–H and O–H groups in total. The molecular formula is C21H31ClN2O6S. The molecule has 2 atom stereocenters. The molecule has 0 saturated carbocycles. The molecule has 174 valence electrons. The van der Waals surface area contributed by atoms with E-state index >= 15 is 0 Å². The Bertz CT molecular complexity index is 889. The van der Waals surface area contributed by atoms with E-state index < -0.39 is 22.1 Å². The third-order valence-electron chi connectivity index (χ3n) is 4.98. The molecule has 1 aromatic rings. The van der Waals surface area contributed by atoms with Gasteiger partial charge in [0.1, 0.15) is 4.90 Å². The van der Waals surface area contributed by atoms with Crippen molar-refractivity contribution in [3.05, 3.63) is 28.8 Å². The molecule has 0 aromatic heterocycles. The van der Waals surface area contributed by atoms with E-state index in [0.29, 0.717) is 6.61 Å². The van der Waals surface area contributed by atoms with Crippen molar-refractivity contribution in [3.8, 4) is 0 Å². The molecule has 2 rings (SSSR count). The van der Waals surface area contributed by atoms with Gasteiger partial charge in [0.05, 0.1) is 16.7 Å². The Morgan fingerprint density at radius 1 is 1.23 bits per heavy atom. The Hall–Kier alpha value is -1.68. The van der Waals surface area contributed by atoms with Crippen LogP contribution in [0.25, 0.3) is 0 Å². The van der Waals surface area contributed by atoms with Crippen molar-refractivity contribution < 1.29 is 27.5 Å². The Morgan fingerprint density at radius 3 is 2.42 bits per heavy atom. The number of nitrogens with zero attached hydrogens (tertiary/aromatic N) is 1. The van der Waals surface area contributed by atoms with E-state index in [1.165, 1.54) is 19.1 Å². The number of rotatable bonds is 9. The summed E-state index contributed by atoms with van der Waals surface area (Å²) in [7, 11) is -3.96. The van der Waals surface area contributed by atoms with Gasteiger partial charge in [0.25, 0.3) is 5.91 Å². The number of esters is 1. The third-order valence-corrected chi connectivity index (χ3v) is 6.89. The third kappa shape index (κ3) is 6.65. The van der Waals surface area contributed by atoms with E-state index in [2.05, 4.69) is 4.72 Å². The zero-order chi connectivity index (χ0) is 23.3. The first-order chi connectivity index (χ1) is 14.4. The van der Waals surface area contributed by atoms with Gasteiger partial charge in [0.15, 0.2) is 6.10 Å². The van der Waals surface area contributed by atoms with E-state index in [1.54, 1.807) is 4.90 Å². The first kappa shape index (κ1) is 25.6. The van der Waals surface area contributed by atoms with Gasteiger partial charge in [0, 0.05) is 25.2 Å². The molecule has 1 saturated heterocycles. The van der Waals surface area contributed by atoms with Crippen LogP contribution in [-0.4, -0.2) is 62.6 Å². The van der Waals surface area contributed by atoms with E-state index in [-0.39, 0.29) is 46.1 Å². The highest BCUT2D eigenvalue weighted by Crippen LogP contribution is 2.24. The van der Waals surface area contributed by atoms with E-state index in [0.717, 1.165) is 18.9 Å². The largest absolute Gasteiger partial charge is 0.449 e. The number of nitrogens with one attached hydrogen (secondary N) is 1. The van der Waals surface area contributed by atoms with E-state index in [9.17, 15) is 18.0 Å². The highest BCUT2D eigenvalue weighted by molar-refractivity contribution is 7.89. The van der Waals surface area contributed by atoms with Gasteiger partial charge in [-0.1, -0.05) is 11.6 Å². The standard InChI is InChI=1S/C21H31ClN2O6S/c1-13(2)24(14(3)4)20(25)15(5)30-21(26)16-8-9-18(22)19(11-16)31(27,28)23-12-17-7-6-10-29-17/h8-9,11,13-15,17,23H,6-7,10,12H2,1-5H3. The van der Waals surface area contributed by atoms with Gasteiger partial charge in [-0.2, -0.15) is 0 Å². The van der Waals surface area contributed by atoms with Gasteiger partial charge in [-0.05, 0) is 65.7 Å². The Kier molecular flexibility index (Phi) is 8.88. The van der Waals surface area contributed by atoms with Gasteiger partial charge in [-0.25, -0.2) is 17.9 Å². The van der Waals surface area contributed by atoms with Crippen LogP contribution < -0.4 is 4.72 Å². The number of sulfonamides is 1. The highest BCUT2D eigenvalue weighted by atomic mass is 35.5. The molecule has 1 aromatic carbocycles. The Morgan fingerprint density at radius 2 is 1.87 bits per heavy atom. The monoisotopic (exact) mass is 474 g/mol. The number of carbonyl (C=O) groups is 2. The molecule has 1 amide bonds. The smallest absolute Gasteiger partial charge is 0.338 e. The lowest BCUT2D eigenvalue weighted by Gasteiger charge is -2.32. The molecular weight excluding hydrogens is 444 g/mol. The molecule has 10 heteroatoms. The highest BCUT2D eigenvalue weighted by Gasteiger charge is 2.29. The summed E-state index contributed by atoms with van der Waals surface area (Å²) in [6, 6.07) is 3.72. The molecule has 1 aliphatic heterocycles. The number of hydrogen-bond donors (Lipinski definition) is 1. The summed E-state index contributed by atoms with van der Waals surface area (Å²) < 4.78 is 38.6. The van der Waals surface area contributed by atoms with Gasteiger partial charge in [-0.3, -0.25) is 4.79 Å². The fourth-order valence-corrected chi connectivity index (χ4v) is 5.11. The summed E-state index contributed by atoms with van der Waals surface area (Å²) in [5.74, 6) is -1.13. The molecule has 1 fully saturated rings. The van der Waals surface area contributed by atoms with E-state index in [1.807, 2.05) is 27.7 Å². The molecule has 0 bridgehead atoms. The number of benzene rings is 1. The molecule has 0 spiro atoms. The van der Waals surface area contributed by atoms with Crippen LogP contribution in [0.5, 0.6) is 0 Å². The van der Waals surface area contributed by atoms with Crippen LogP contribution in [0.4, 0.5) is 0 Å². The lowest BCUT2D eigenvalue weighted by atomic mass is 10.2. The van der Waals surface area contributed by atoms with Crippen molar-refractivity contribution >= 4 is 33.5 Å². The predicted molar refractivity (Wildman–Crippen MR) is 118 cm³/mol. The first-order valence-corrected chi connectivity index (χ1v) is 12.2. The molecule has 0 aliphatic carbocycles. The number of ether oxygens (including phenoxy) is 2. The fraction of sp³-hybridized carbons (Fsp3) is 0.619. The zero-order valence-electron chi connectivity index (χ0n) is 18.6. The summed E-state index contributed by atoms with van der Waals surface area (Å²) in [5, 5.41) is -0.0219. The average molecular weight is 475 g/mol. The second kappa shape index (κ2) is 10.8. The van der Waals surface area contributed by atoms with Crippen LogP contribution >= 0.6 is 11.6 Å². The second-order valence-corrected chi connectivity index (χ2v) is 10.3. The number of hydrogen-bond acceptors (Lipinski definition) is 6. The Balaban J connectivity index is 2.14. The topological polar surface area (TPSA) is 102 Å². The maximum absolute atomic E-state index is 12.7. The van der Waals surface area contributed by atoms with Crippen LogP contribution in [0.1, 0.15) is 57.8 Å². The van der Waals surface area contributed by atoms with Crippen LogP contribution in [0, 0.1) is 0 Å². The van der Waals surface area contributed by atoms with Gasteiger partial charge in [0.2, 0.25) is 10.0 Å². The summed E-state index contributed by atoms with van der Waals surface area (Å²) in [6.45, 7) is 9.75. The number of amides is 1. The fourth-order valence-electron chi connectivity index (χ4n) is 3.52. The maximum atomic E-state index is 12.7. The van der Waals surface area contributed by atoms with Crippen LogP contribution in [0.15, 0.2) is 23.1 Å². The quantitative estimate of drug-likeness (QED) is 0.552. The normalized spacial score (nSPS) is 17.7. The summed E-state index contributed by atoms with van der Waals surface area (Å²) in [6.07, 6.45) is 0.457. The van der Waals surface area contributed by atoms with Crippen molar-refractivity contribution in [2.75, 3.05) is 13.2 Å². The molecule has 1 heterocycles. The second-order valence-electron chi connectivity index (χ2n) is 8.11. The van der Waals surface area contributed by atoms with Crippen molar-refractivity contribution in [2.45, 2.75) is 76.6 Å². The molecule has 0 radical (unpaired) electrons. The van der Waals surface area contributed by atoms with Crippen molar-refractivity contribution in [1.29, 1.82) is 0 Å². The van der Waals surface area contributed by atoms with Crippen LogP contribution in [0.2, 0.25) is 5.02 Å². The number of halogens is 1. The SMILES string of the molecule is CC(OC(=O)c1ccc(Cl)c(S(=O)(=O)NCC2CCCO2)c1)C(=O)N(C(C)C)C(C)C. The minimum Gasteiger partial charge on any atom is -0.449 e.